The Labute approximate surface area is 742 Å². The van der Waals surface area contributed by atoms with Gasteiger partial charge in [-0.2, -0.15) is 4.99 Å². The summed E-state index contributed by atoms with van der Waals surface area (Å²) in [4.78, 5) is 46.6. The summed E-state index contributed by atoms with van der Waals surface area (Å²) in [6, 6.07) is 73.8. The van der Waals surface area contributed by atoms with Crippen molar-refractivity contribution in [3.05, 3.63) is 302 Å². The average molecular weight is 1610 g/mol. The van der Waals surface area contributed by atoms with Crippen molar-refractivity contribution >= 4 is 60.3 Å². The molecule has 4 aromatic heterocycles. The maximum atomic E-state index is 10.4. The first-order chi connectivity index (χ1) is 51.9. The monoisotopic (exact) mass is 1610 g/mol. The van der Waals surface area contributed by atoms with Crippen LogP contribution in [0.1, 0.15) is 67.2 Å². The average Bonchev–Trinajstić information content (AvgIpc) is 1.83. The second kappa shape index (κ2) is 69.5. The molecule has 10 aromatic rings. The molecule has 0 bridgehead atoms. The van der Waals surface area contributed by atoms with Gasteiger partial charge in [0.2, 0.25) is 0 Å². The van der Waals surface area contributed by atoms with Gasteiger partial charge in [0, 0.05) is 89.8 Å². The molecule has 2 aliphatic rings. The molecule has 0 aliphatic carbocycles. The maximum absolute atomic E-state index is 10.4. The molecule has 0 spiro atoms. The SMILES string of the molecule is BrC1=NC=[C+]C=C1.C.CC(C)(C)OC(=O)NN.CC(Cc1ccccc1)[C@@H]1CO1.CCO.CN=Cc1ccc(-c2ccccn2)cc1.CNCc1ccc(-c2ccccn2)cc1.CNCc1ccc(-c2ccccn2)cc1.COc1ccc(-c2ccccn2)cc1.COc1ccc(B(O)O)cc1.O=CO[O-].[2HH].[B].[C-]#N.[H-].[Na+].[Na+].[Na+]. The van der Waals surface area contributed by atoms with Gasteiger partial charge < -0.3 is 68.1 Å². The molecular formula is C84H103B2BrN11Na3O11+. The molecule has 22 nitrogen and oxygen atoms in total. The van der Waals surface area contributed by atoms with E-state index in [0.29, 0.717) is 23.2 Å². The van der Waals surface area contributed by atoms with E-state index in [-0.39, 0.29) is 120 Å². The van der Waals surface area contributed by atoms with Gasteiger partial charge in [0.15, 0.2) is 16.9 Å². The molecule has 6 heterocycles. The number of hydrogen-bond acceptors (Lipinski definition) is 21. The number of halogens is 1. The van der Waals surface area contributed by atoms with Gasteiger partial charge in [-0.1, -0.05) is 154 Å². The van der Waals surface area contributed by atoms with Crippen molar-refractivity contribution in [1.82, 2.24) is 36.0 Å². The molecule has 1 saturated heterocycles. The third-order valence-electron chi connectivity index (χ3n) is 13.7. The number of rotatable bonds is 16. The van der Waals surface area contributed by atoms with Crippen LogP contribution >= 0.6 is 15.9 Å². The molecule has 1 amide bonds. The number of aliphatic hydroxyl groups is 1. The number of hydrogen-bond donors (Lipinski definition) is 7. The quantitative estimate of drug-likeness (QED) is 0.00814. The van der Waals surface area contributed by atoms with Gasteiger partial charge in [-0.15, -0.1) is 0 Å². The summed E-state index contributed by atoms with van der Waals surface area (Å²) in [5.41, 5.74) is 15.5. The number of pyridine rings is 4. The second-order valence-electron chi connectivity index (χ2n) is 23.0. The summed E-state index contributed by atoms with van der Waals surface area (Å²) in [6.45, 7) is 16.8. The Morgan fingerprint density at radius 3 is 1.30 bits per heavy atom. The number of nitrogens with one attached hydrogen (secondary N) is 3. The van der Waals surface area contributed by atoms with Crippen LogP contribution in [0.5, 0.6) is 11.5 Å². The number of allylic oxidation sites excluding steroid dienone is 3. The van der Waals surface area contributed by atoms with Crippen LogP contribution in [0.15, 0.2) is 278 Å². The van der Waals surface area contributed by atoms with Crippen LogP contribution in [0.25, 0.3) is 45.0 Å². The zero-order valence-electron chi connectivity index (χ0n) is 66.6. The summed E-state index contributed by atoms with van der Waals surface area (Å²) < 4.78 is 20.8. The van der Waals surface area contributed by atoms with Crippen LogP contribution in [0.4, 0.5) is 4.79 Å². The summed E-state index contributed by atoms with van der Waals surface area (Å²) >= 11 is 3.18. The predicted octanol–water partition coefficient (Wildman–Crippen LogP) is 4.34. The number of nitrogens with zero attached hydrogens (tertiary/aromatic N) is 7. The summed E-state index contributed by atoms with van der Waals surface area (Å²) in [5.74, 6) is 7.00. The molecule has 575 valence electrons. The summed E-state index contributed by atoms with van der Waals surface area (Å²) in [7, 11) is 7.49. The molecule has 12 rings (SSSR count). The van der Waals surface area contributed by atoms with Gasteiger partial charge in [-0.3, -0.25) is 35.1 Å². The first-order valence-corrected chi connectivity index (χ1v) is 34.3. The standard InChI is InChI=1S/2C13H14N2.C13H12N2.C12H11NO.C11H14O.C7H9BO3.C5H3BrN.C5H12N2O2.C2H6O.CN.CH2O3.CH4.B.3Na.H2.H/c3*1-14-10-11-5-7-12(8-6-11)13-4-2-3-9-15-13;1-14-11-7-5-10(6-8-11)12-4-2-3-9-13-12;1-9(11-8-12-11)7-10-5-3-2-4-6-10;1-11-7-4-2-6(3-5-7)8(9)10;6-5-3-1-2-4-7-5;1-5(2,3)9-4(8)7-6;1-2-3;1-2;2-1-4-3;;;;;;;/h2*2-9,14H,10H2,1H3;2-10H,1H3;2-9H,1H3;2-6,9,11H,7-8H2,1H3;2-5,9-10H,1H3;1,3-4H;6H2,1-3H3,(H,7,8);3H,2H2,1H3;;1,3H;1H4;;;;;1H;/q;;;;;;+1;;;-1;;;;3*+1;;-1/p-1/t;;;;9?,11-;;;;;;;;;;;;;/m....0............./s1/i;;;;;;;;;;;;;;;;1+1;. The zero-order chi connectivity index (χ0) is 78.7. The third kappa shape index (κ3) is 51.4. The number of benzene rings is 6. The molecule has 112 heavy (non-hydrogen) atoms. The summed E-state index contributed by atoms with van der Waals surface area (Å²) in [6.07, 6.45) is 18.2. The number of epoxide rings is 1. The van der Waals surface area contributed by atoms with Crippen molar-refractivity contribution in [2.45, 2.75) is 73.3 Å². The van der Waals surface area contributed by atoms with Crippen LogP contribution in [-0.4, -0.2) is 134 Å². The Bertz CT molecular complexity index is 3990. The van der Waals surface area contributed by atoms with Crippen molar-refractivity contribution in [3.63, 3.8) is 0 Å². The van der Waals surface area contributed by atoms with E-state index in [1.807, 2.05) is 153 Å². The number of hydrazine groups is 1. The van der Waals surface area contributed by atoms with Crippen LogP contribution in [-0.2, 0) is 38.7 Å². The normalized spacial score (nSPS) is 11.1. The van der Waals surface area contributed by atoms with Crippen LogP contribution in [0.3, 0.4) is 0 Å². The minimum atomic E-state index is -1.40. The van der Waals surface area contributed by atoms with Gasteiger partial charge in [-0.05, 0) is 183 Å². The van der Waals surface area contributed by atoms with Crippen LogP contribution in [0.2, 0.25) is 0 Å². The Morgan fingerprint density at radius 1 is 0.688 bits per heavy atom. The number of carbonyl (C=O) groups is 2. The smallest absolute Gasteiger partial charge is 1.00 e. The predicted molar refractivity (Wildman–Crippen MR) is 444 cm³/mol. The van der Waals surface area contributed by atoms with E-state index in [9.17, 15) is 4.79 Å². The van der Waals surface area contributed by atoms with E-state index in [1.165, 1.54) is 16.7 Å². The van der Waals surface area contributed by atoms with Crippen LogP contribution in [0, 0.1) is 23.8 Å². The Hall–Kier alpha value is -8.23. The number of aliphatic imine (C=N–C) groups is 2. The van der Waals surface area contributed by atoms with E-state index >= 15 is 0 Å². The topological polar surface area (TPSA) is 330 Å². The van der Waals surface area contributed by atoms with Crippen molar-refractivity contribution in [1.29, 1.82) is 5.26 Å². The number of methoxy groups -OCH3 is 2. The molecule has 6 aromatic carbocycles. The van der Waals surface area contributed by atoms with E-state index < -0.39 is 18.8 Å². The number of carbonyl (C=O) groups excluding carboxylic acids is 2. The fourth-order valence-electron chi connectivity index (χ4n) is 8.67. The van der Waals surface area contributed by atoms with E-state index in [2.05, 4.69) is 165 Å². The second-order valence-corrected chi connectivity index (χ2v) is 23.8. The third-order valence-corrected chi connectivity index (χ3v) is 14.2. The molecular weight excluding hydrogens is 1510 g/mol. The van der Waals surface area contributed by atoms with Crippen molar-refractivity contribution in [2.75, 3.05) is 48.6 Å². The molecule has 2 atom stereocenters. The fourth-order valence-corrected chi connectivity index (χ4v) is 8.90. The molecule has 28 heteroatoms. The van der Waals surface area contributed by atoms with E-state index in [1.54, 1.807) is 97.9 Å². The first kappa shape index (κ1) is 110. The largest absolute Gasteiger partial charge is 1.00 e. The number of amides is 1. The number of aromatic nitrogens is 4. The number of nitrogens with two attached hydrogens (primary N) is 1. The fraction of sp³-hybridized carbons (Fsp3) is 0.226. The minimum Gasteiger partial charge on any atom is -1.00 e. The zero-order valence-corrected chi connectivity index (χ0v) is 73.2. The van der Waals surface area contributed by atoms with Gasteiger partial charge >= 0.3 is 102 Å². The molecule has 3 radical (unpaired) electrons. The van der Waals surface area contributed by atoms with Crippen molar-refractivity contribution in [2.24, 2.45) is 21.7 Å². The van der Waals surface area contributed by atoms with Gasteiger partial charge in [-0.25, -0.2) is 10.6 Å². The Morgan fingerprint density at radius 2 is 1.04 bits per heavy atom. The van der Waals surface area contributed by atoms with Gasteiger partial charge in [0.05, 0.1) is 49.7 Å². The molecule has 8 N–H and O–H groups in total. The maximum Gasteiger partial charge on any atom is 1.00 e. The molecule has 0 saturated carbocycles. The first-order valence-electron chi connectivity index (χ1n) is 33.5. The van der Waals surface area contributed by atoms with E-state index in [0.717, 1.165) is 87.1 Å². The minimum absolute atomic E-state index is 0. The van der Waals surface area contributed by atoms with Gasteiger partial charge in [0.25, 0.3) is 6.47 Å². The Balaban J connectivity index is -0.000000288. The van der Waals surface area contributed by atoms with Crippen LogP contribution < -0.4 is 131 Å². The molecule has 2 aliphatic heterocycles. The van der Waals surface area contributed by atoms with Gasteiger partial charge in [0.1, 0.15) is 29.3 Å². The molecule has 1 unspecified atom stereocenters. The number of ether oxygens (including phenoxy) is 4. The van der Waals surface area contributed by atoms with Crippen molar-refractivity contribution in [3.8, 4) is 56.5 Å². The summed E-state index contributed by atoms with van der Waals surface area (Å²) in [5, 5.41) is 45.9. The Kier molecular flexibility index (Phi) is 68.3. The van der Waals surface area contributed by atoms with E-state index in [4.69, 9.17) is 61.8 Å². The number of aliphatic hydroxyl groups excluding tert-OH is 1. The van der Waals surface area contributed by atoms with Crippen molar-refractivity contribution < 1.29 is 145 Å². The molecule has 1 fully saturated rings.